The van der Waals surface area contributed by atoms with Crippen LogP contribution in [-0.4, -0.2) is 28.8 Å². The molecule has 9 heteroatoms. The third kappa shape index (κ3) is 3.75. The first kappa shape index (κ1) is 22.0. The molecule has 1 saturated heterocycles. The molecule has 1 aliphatic heterocycles. The quantitative estimate of drug-likeness (QED) is 0.259. The first-order chi connectivity index (χ1) is 17.1. The molecule has 0 radical (unpaired) electrons. The van der Waals surface area contributed by atoms with E-state index in [1.54, 1.807) is 17.4 Å². The fourth-order valence-electron chi connectivity index (χ4n) is 5.61. The summed E-state index contributed by atoms with van der Waals surface area (Å²) in [6.45, 7) is 1.30. The first-order valence-electron chi connectivity index (χ1n) is 11.9. The molecule has 3 heterocycles. The van der Waals surface area contributed by atoms with Gasteiger partial charge in [0.05, 0.1) is 27.5 Å². The molecular formula is C26H22Cl2FN3O2S. The monoisotopic (exact) mass is 529 g/mol. The molecule has 0 N–H and O–H groups in total. The van der Waals surface area contributed by atoms with Crippen molar-refractivity contribution in [3.63, 3.8) is 0 Å². The van der Waals surface area contributed by atoms with Crippen molar-refractivity contribution >= 4 is 49.9 Å². The molecule has 2 saturated carbocycles. The van der Waals surface area contributed by atoms with Crippen LogP contribution >= 0.6 is 34.5 Å². The highest BCUT2D eigenvalue weighted by atomic mass is 35.5. The van der Waals surface area contributed by atoms with Gasteiger partial charge in [0, 0.05) is 35.5 Å². The second-order valence-corrected chi connectivity index (χ2v) is 11.5. The molecule has 3 fully saturated rings. The Morgan fingerprint density at radius 3 is 2.63 bits per heavy atom. The van der Waals surface area contributed by atoms with E-state index in [1.165, 1.54) is 6.07 Å². The van der Waals surface area contributed by atoms with Gasteiger partial charge in [0.1, 0.15) is 22.8 Å². The van der Waals surface area contributed by atoms with E-state index in [1.807, 2.05) is 24.3 Å². The summed E-state index contributed by atoms with van der Waals surface area (Å²) in [6, 6.07) is 11.0. The number of aromatic nitrogens is 2. The van der Waals surface area contributed by atoms with Gasteiger partial charge in [0.15, 0.2) is 5.13 Å². The molecule has 2 bridgehead atoms. The van der Waals surface area contributed by atoms with E-state index in [-0.39, 0.29) is 11.9 Å². The summed E-state index contributed by atoms with van der Waals surface area (Å²) < 4.78 is 27.3. The number of piperidine rings is 1. The van der Waals surface area contributed by atoms with E-state index in [2.05, 4.69) is 15.0 Å². The van der Waals surface area contributed by atoms with Crippen LogP contribution in [0.25, 0.3) is 21.5 Å². The van der Waals surface area contributed by atoms with Crippen LogP contribution in [0.1, 0.15) is 42.9 Å². The Labute approximate surface area is 215 Å². The zero-order valence-electron chi connectivity index (χ0n) is 18.7. The summed E-state index contributed by atoms with van der Waals surface area (Å²) in [5, 5.41) is 6.38. The molecule has 2 aliphatic carbocycles. The van der Waals surface area contributed by atoms with Gasteiger partial charge in [0.25, 0.3) is 0 Å². The Bertz CT molecular complexity index is 1420. The maximum Gasteiger partial charge on any atom is 0.186 e. The van der Waals surface area contributed by atoms with Gasteiger partial charge in [-0.3, -0.25) is 0 Å². The van der Waals surface area contributed by atoms with Crippen molar-refractivity contribution in [1.29, 1.82) is 0 Å². The highest BCUT2D eigenvalue weighted by Gasteiger charge is 2.46. The van der Waals surface area contributed by atoms with Gasteiger partial charge in [-0.25, -0.2) is 9.37 Å². The van der Waals surface area contributed by atoms with Gasteiger partial charge >= 0.3 is 0 Å². The number of hydrogen-bond donors (Lipinski definition) is 0. The van der Waals surface area contributed by atoms with E-state index in [9.17, 15) is 4.39 Å². The fourth-order valence-corrected chi connectivity index (χ4v) is 7.25. The van der Waals surface area contributed by atoms with Crippen LogP contribution in [0.5, 0.6) is 0 Å². The summed E-state index contributed by atoms with van der Waals surface area (Å²) in [5.74, 6) is 1.45. The van der Waals surface area contributed by atoms with Crippen LogP contribution in [0.3, 0.4) is 0 Å². The Morgan fingerprint density at radius 1 is 1.11 bits per heavy atom. The summed E-state index contributed by atoms with van der Waals surface area (Å²) in [4.78, 5) is 6.94. The molecular weight excluding hydrogens is 508 g/mol. The van der Waals surface area contributed by atoms with Crippen molar-refractivity contribution in [3.8, 4) is 11.3 Å². The predicted molar refractivity (Wildman–Crippen MR) is 136 cm³/mol. The van der Waals surface area contributed by atoms with Gasteiger partial charge < -0.3 is 14.2 Å². The minimum absolute atomic E-state index is 0.152. The molecule has 3 atom stereocenters. The molecule has 35 heavy (non-hydrogen) atoms. The molecule has 0 spiro atoms. The lowest BCUT2D eigenvalue weighted by atomic mass is 10.0. The second kappa shape index (κ2) is 8.44. The fraction of sp³-hybridized carbons (Fsp3) is 0.385. The molecule has 180 valence electrons. The van der Waals surface area contributed by atoms with Crippen molar-refractivity contribution in [2.45, 2.75) is 50.4 Å². The van der Waals surface area contributed by atoms with Gasteiger partial charge in [-0.15, -0.1) is 0 Å². The van der Waals surface area contributed by atoms with Crippen molar-refractivity contribution in [2.24, 2.45) is 5.92 Å². The Balaban J connectivity index is 1.10. The summed E-state index contributed by atoms with van der Waals surface area (Å²) >= 11 is 14.5. The number of nitrogens with zero attached hydrogens (tertiary/aromatic N) is 3. The van der Waals surface area contributed by atoms with Crippen LogP contribution in [0.2, 0.25) is 10.0 Å². The summed E-state index contributed by atoms with van der Waals surface area (Å²) in [6.07, 6.45) is 4.34. The van der Waals surface area contributed by atoms with Gasteiger partial charge in [-0.1, -0.05) is 51.8 Å². The molecule has 0 amide bonds. The third-order valence-electron chi connectivity index (χ3n) is 7.49. The Kier molecular flexibility index (Phi) is 5.32. The van der Waals surface area contributed by atoms with Gasteiger partial charge in [0.2, 0.25) is 0 Å². The van der Waals surface area contributed by atoms with Crippen LogP contribution in [0, 0.1) is 11.7 Å². The summed E-state index contributed by atoms with van der Waals surface area (Å²) in [5.41, 5.74) is 2.81. The number of halogens is 3. The zero-order valence-corrected chi connectivity index (χ0v) is 21.0. The largest absolute Gasteiger partial charge is 0.373 e. The van der Waals surface area contributed by atoms with E-state index in [0.717, 1.165) is 53.4 Å². The van der Waals surface area contributed by atoms with Crippen molar-refractivity contribution < 1.29 is 13.7 Å². The zero-order chi connectivity index (χ0) is 23.7. The van der Waals surface area contributed by atoms with E-state index >= 15 is 0 Å². The molecule has 3 unspecified atom stereocenters. The minimum Gasteiger partial charge on any atom is -0.373 e. The average Bonchev–Trinajstić information content (AvgIpc) is 3.18. The standard InChI is InChI=1S/C26H22Cl2FN3O2S/c27-17-3-1-4-18(28)22(17)23-16(25(34-31-23)13-7-8-13)12-33-20-10-15-9-14(20)11-32(15)26-30-24-19(29)5-2-6-21(24)35-26/h1-6,13-15,20H,7-12H2. The highest BCUT2D eigenvalue weighted by molar-refractivity contribution is 7.22. The molecule has 2 aromatic heterocycles. The first-order valence-corrected chi connectivity index (χ1v) is 13.5. The minimum atomic E-state index is -0.259. The number of rotatable bonds is 6. The van der Waals surface area contributed by atoms with E-state index in [4.69, 9.17) is 32.5 Å². The van der Waals surface area contributed by atoms with E-state index in [0.29, 0.717) is 51.3 Å². The highest BCUT2D eigenvalue weighted by Crippen LogP contribution is 2.48. The number of benzene rings is 2. The normalized spacial score (nSPS) is 23.6. The number of fused-ring (bicyclic) bond motifs is 3. The van der Waals surface area contributed by atoms with Crippen LogP contribution in [0.15, 0.2) is 40.9 Å². The van der Waals surface area contributed by atoms with Crippen LogP contribution in [-0.2, 0) is 11.3 Å². The number of hydrogen-bond acceptors (Lipinski definition) is 6. The molecule has 2 aromatic carbocycles. The number of anilines is 1. The maximum absolute atomic E-state index is 14.1. The Morgan fingerprint density at radius 2 is 1.91 bits per heavy atom. The SMILES string of the molecule is Fc1cccc2sc(N3CC4CC3CC4OCc3c(-c4c(Cl)cccc4Cl)noc3C3CC3)nc12. The topological polar surface area (TPSA) is 51.4 Å². The third-order valence-corrected chi connectivity index (χ3v) is 9.18. The maximum atomic E-state index is 14.1. The number of ether oxygens (including phenoxy) is 1. The molecule has 7 rings (SSSR count). The van der Waals surface area contributed by atoms with Gasteiger partial charge in [-0.05, 0) is 49.9 Å². The summed E-state index contributed by atoms with van der Waals surface area (Å²) in [7, 11) is 0. The van der Waals surface area contributed by atoms with Crippen molar-refractivity contribution in [2.75, 3.05) is 11.4 Å². The predicted octanol–water partition coefficient (Wildman–Crippen LogP) is 7.46. The molecule has 4 aromatic rings. The molecule has 5 nitrogen and oxygen atoms in total. The number of para-hydroxylation sites is 1. The van der Waals surface area contributed by atoms with Crippen molar-refractivity contribution in [3.05, 3.63) is 63.6 Å². The Hall–Kier alpha value is -2.19. The lowest BCUT2D eigenvalue weighted by Gasteiger charge is -2.31. The lowest BCUT2D eigenvalue weighted by Crippen LogP contribution is -2.38. The average molecular weight is 530 g/mol. The second-order valence-electron chi connectivity index (χ2n) is 9.72. The van der Waals surface area contributed by atoms with Crippen LogP contribution in [0.4, 0.5) is 9.52 Å². The number of thiazole rings is 1. The van der Waals surface area contributed by atoms with Crippen LogP contribution < -0.4 is 4.90 Å². The smallest absolute Gasteiger partial charge is 0.186 e. The lowest BCUT2D eigenvalue weighted by molar-refractivity contribution is 0.0122. The van der Waals surface area contributed by atoms with Crippen molar-refractivity contribution in [1.82, 2.24) is 10.1 Å². The van der Waals surface area contributed by atoms with Gasteiger partial charge in [-0.2, -0.15) is 0 Å². The van der Waals surface area contributed by atoms with E-state index < -0.39 is 0 Å². The molecule has 3 aliphatic rings.